The van der Waals surface area contributed by atoms with Crippen molar-refractivity contribution in [2.24, 2.45) is 0 Å². The number of hydrogen-bond acceptors (Lipinski definition) is 4. The Morgan fingerprint density at radius 2 is 1.59 bits per heavy atom. The molecule has 1 aliphatic heterocycles. The highest BCUT2D eigenvalue weighted by Crippen LogP contribution is 2.17. The monoisotopic (exact) mass is 390 g/mol. The zero-order chi connectivity index (χ0) is 19.2. The molecule has 1 saturated heterocycles. The van der Waals surface area contributed by atoms with Gasteiger partial charge in [0.25, 0.3) is 5.91 Å². The van der Waals surface area contributed by atoms with Crippen LogP contribution in [-0.4, -0.2) is 49.6 Å². The number of benzene rings is 2. The third-order valence-electron chi connectivity index (χ3n) is 4.44. The maximum Gasteiger partial charge on any atom is 0.310 e. The number of carbonyl (C=O) groups is 2. The lowest BCUT2D eigenvalue weighted by atomic mass is 10.1. The van der Waals surface area contributed by atoms with Crippen molar-refractivity contribution >= 4 is 29.2 Å². The van der Waals surface area contributed by atoms with E-state index >= 15 is 0 Å². The maximum absolute atomic E-state index is 13.0. The van der Waals surface area contributed by atoms with Gasteiger partial charge >= 0.3 is 5.97 Å². The highest BCUT2D eigenvalue weighted by molar-refractivity contribution is 6.30. The van der Waals surface area contributed by atoms with Gasteiger partial charge in [0.15, 0.2) is 6.61 Å². The fraction of sp³-hybridized carbons (Fsp3) is 0.300. The van der Waals surface area contributed by atoms with Crippen LogP contribution < -0.4 is 4.90 Å². The quantitative estimate of drug-likeness (QED) is 0.737. The molecule has 0 aromatic heterocycles. The van der Waals surface area contributed by atoms with Gasteiger partial charge in [0.2, 0.25) is 0 Å². The molecule has 2 aromatic rings. The van der Waals surface area contributed by atoms with Crippen LogP contribution in [0.15, 0.2) is 48.5 Å². The maximum atomic E-state index is 13.0. The van der Waals surface area contributed by atoms with Gasteiger partial charge in [-0.1, -0.05) is 23.7 Å². The van der Waals surface area contributed by atoms with Crippen LogP contribution in [-0.2, 0) is 20.7 Å². The molecule has 2 aromatic carbocycles. The lowest BCUT2D eigenvalue weighted by molar-refractivity contribution is -0.151. The number of ether oxygens (including phenoxy) is 1. The summed E-state index contributed by atoms with van der Waals surface area (Å²) in [5, 5.41) is 0.599. The first-order chi connectivity index (χ1) is 13.0. The van der Waals surface area contributed by atoms with Gasteiger partial charge in [-0.05, 0) is 42.0 Å². The minimum Gasteiger partial charge on any atom is -0.455 e. The normalized spacial score (nSPS) is 14.1. The van der Waals surface area contributed by atoms with Gasteiger partial charge in [-0.2, -0.15) is 0 Å². The predicted molar refractivity (Wildman–Crippen MR) is 101 cm³/mol. The summed E-state index contributed by atoms with van der Waals surface area (Å²) < 4.78 is 18.1. The van der Waals surface area contributed by atoms with Crippen molar-refractivity contribution in [1.29, 1.82) is 0 Å². The Morgan fingerprint density at radius 1 is 0.963 bits per heavy atom. The van der Waals surface area contributed by atoms with Crippen LogP contribution in [0.2, 0.25) is 5.02 Å². The van der Waals surface area contributed by atoms with Crippen LogP contribution in [0.25, 0.3) is 0 Å². The minimum atomic E-state index is -0.448. The fourth-order valence-electron chi connectivity index (χ4n) is 2.92. The Kier molecular flexibility index (Phi) is 6.29. The van der Waals surface area contributed by atoms with Crippen molar-refractivity contribution in [3.05, 3.63) is 64.9 Å². The summed E-state index contributed by atoms with van der Waals surface area (Å²) in [4.78, 5) is 27.9. The molecule has 0 bridgehead atoms. The Bertz CT molecular complexity index is 788. The van der Waals surface area contributed by atoms with Crippen LogP contribution in [0, 0.1) is 5.82 Å². The fourth-order valence-corrected chi connectivity index (χ4v) is 3.05. The largest absolute Gasteiger partial charge is 0.455 e. The standard InChI is InChI=1S/C20H20ClFN2O3/c21-16-3-1-15(2-4-16)13-20(26)27-14-19(25)24-11-9-23(10-12-24)18-7-5-17(22)6-8-18/h1-8H,9-14H2. The molecule has 0 atom stereocenters. The number of piperazine rings is 1. The zero-order valence-corrected chi connectivity index (χ0v) is 15.5. The average molecular weight is 391 g/mol. The van der Waals surface area contributed by atoms with E-state index in [4.69, 9.17) is 16.3 Å². The molecule has 0 N–H and O–H groups in total. The number of amides is 1. The molecule has 5 nitrogen and oxygen atoms in total. The molecule has 7 heteroatoms. The minimum absolute atomic E-state index is 0.1000. The van der Waals surface area contributed by atoms with Gasteiger partial charge < -0.3 is 14.5 Å². The number of hydrogen-bond donors (Lipinski definition) is 0. The van der Waals surface area contributed by atoms with E-state index in [1.165, 1.54) is 12.1 Å². The van der Waals surface area contributed by atoms with E-state index < -0.39 is 5.97 Å². The average Bonchev–Trinajstić information content (AvgIpc) is 2.69. The van der Waals surface area contributed by atoms with E-state index in [2.05, 4.69) is 4.90 Å². The smallest absolute Gasteiger partial charge is 0.310 e. The van der Waals surface area contributed by atoms with E-state index in [1.807, 2.05) is 0 Å². The van der Waals surface area contributed by atoms with Gasteiger partial charge in [-0.25, -0.2) is 4.39 Å². The topological polar surface area (TPSA) is 49.9 Å². The second-order valence-corrected chi connectivity index (χ2v) is 6.74. The number of halogens is 2. The molecule has 3 rings (SSSR count). The number of esters is 1. The highest BCUT2D eigenvalue weighted by atomic mass is 35.5. The van der Waals surface area contributed by atoms with Crippen LogP contribution >= 0.6 is 11.6 Å². The van der Waals surface area contributed by atoms with Gasteiger partial charge in [-0.15, -0.1) is 0 Å². The third kappa shape index (κ3) is 5.44. The van der Waals surface area contributed by atoms with Gasteiger partial charge in [0.1, 0.15) is 5.82 Å². The Labute approximate surface area is 162 Å². The lowest BCUT2D eigenvalue weighted by Gasteiger charge is -2.36. The summed E-state index contributed by atoms with van der Waals surface area (Å²) in [5.74, 6) is -0.929. The van der Waals surface area contributed by atoms with Crippen molar-refractivity contribution in [3.8, 4) is 0 Å². The highest BCUT2D eigenvalue weighted by Gasteiger charge is 2.22. The van der Waals surface area contributed by atoms with Crippen molar-refractivity contribution in [3.63, 3.8) is 0 Å². The van der Waals surface area contributed by atoms with Crippen LogP contribution in [0.3, 0.4) is 0 Å². The van der Waals surface area contributed by atoms with Crippen molar-refractivity contribution in [2.45, 2.75) is 6.42 Å². The Balaban J connectivity index is 1.42. The van der Waals surface area contributed by atoms with E-state index in [0.717, 1.165) is 11.3 Å². The van der Waals surface area contributed by atoms with Crippen LogP contribution in [0.4, 0.5) is 10.1 Å². The Morgan fingerprint density at radius 3 is 2.22 bits per heavy atom. The summed E-state index contributed by atoms with van der Waals surface area (Å²) in [6.45, 7) is 2.10. The first-order valence-electron chi connectivity index (χ1n) is 8.69. The molecule has 1 fully saturated rings. The number of nitrogens with zero attached hydrogens (tertiary/aromatic N) is 2. The molecule has 1 amide bonds. The van der Waals surface area contributed by atoms with Gasteiger partial charge in [0, 0.05) is 36.9 Å². The summed E-state index contributed by atoms with van der Waals surface area (Å²) in [7, 11) is 0. The molecule has 0 spiro atoms. The molecule has 1 heterocycles. The van der Waals surface area contributed by atoms with Crippen molar-refractivity contribution < 1.29 is 18.7 Å². The summed E-state index contributed by atoms with van der Waals surface area (Å²) in [5.41, 5.74) is 1.71. The predicted octanol–water partition coefficient (Wildman–Crippen LogP) is 2.91. The van der Waals surface area contributed by atoms with E-state index in [0.29, 0.717) is 31.2 Å². The number of carbonyl (C=O) groups excluding carboxylic acids is 2. The van der Waals surface area contributed by atoms with Gasteiger partial charge in [-0.3, -0.25) is 9.59 Å². The number of anilines is 1. The van der Waals surface area contributed by atoms with Crippen molar-refractivity contribution in [2.75, 3.05) is 37.7 Å². The number of rotatable bonds is 5. The van der Waals surface area contributed by atoms with Crippen LogP contribution in [0.5, 0.6) is 0 Å². The van der Waals surface area contributed by atoms with Crippen molar-refractivity contribution in [1.82, 2.24) is 4.90 Å². The third-order valence-corrected chi connectivity index (χ3v) is 4.69. The molecule has 27 heavy (non-hydrogen) atoms. The molecule has 1 aliphatic rings. The molecule has 0 aliphatic carbocycles. The summed E-state index contributed by atoms with van der Waals surface area (Å²) in [6.07, 6.45) is 0.1000. The summed E-state index contributed by atoms with van der Waals surface area (Å²) in [6, 6.07) is 13.2. The van der Waals surface area contributed by atoms with E-state index in [9.17, 15) is 14.0 Å². The molecular weight excluding hydrogens is 371 g/mol. The van der Waals surface area contributed by atoms with E-state index in [-0.39, 0.29) is 24.8 Å². The first kappa shape index (κ1) is 19.2. The lowest BCUT2D eigenvalue weighted by Crippen LogP contribution is -2.50. The van der Waals surface area contributed by atoms with E-state index in [1.54, 1.807) is 41.3 Å². The molecule has 0 unspecified atom stereocenters. The van der Waals surface area contributed by atoms with Crippen LogP contribution in [0.1, 0.15) is 5.56 Å². The zero-order valence-electron chi connectivity index (χ0n) is 14.7. The molecule has 0 saturated carbocycles. The molecule has 0 radical (unpaired) electrons. The molecule has 142 valence electrons. The second kappa shape index (κ2) is 8.86. The second-order valence-electron chi connectivity index (χ2n) is 6.31. The Hall–Kier alpha value is -2.60. The van der Waals surface area contributed by atoms with Gasteiger partial charge in [0.05, 0.1) is 6.42 Å². The molecular formula is C20H20ClFN2O3. The summed E-state index contributed by atoms with van der Waals surface area (Å²) >= 11 is 5.81. The first-order valence-corrected chi connectivity index (χ1v) is 9.07. The SMILES string of the molecule is O=C(Cc1ccc(Cl)cc1)OCC(=O)N1CCN(c2ccc(F)cc2)CC1.